The van der Waals surface area contributed by atoms with Crippen molar-refractivity contribution in [2.75, 3.05) is 41.0 Å². The van der Waals surface area contributed by atoms with Crippen LogP contribution >= 0.6 is 0 Å². The minimum Gasteiger partial charge on any atom is -0.493 e. The number of rotatable bonds is 8. The minimum absolute atomic E-state index is 0.0436. The SMILES string of the molecule is CCCN(C(=O)c1cc(OC)c(OC)c(OC)c1)C1CCN(C(=O)c2ccccc2)CC1. The van der Waals surface area contributed by atoms with Gasteiger partial charge in [-0.1, -0.05) is 25.1 Å². The van der Waals surface area contributed by atoms with Crippen molar-refractivity contribution in [1.82, 2.24) is 9.80 Å². The quantitative estimate of drug-likeness (QED) is 0.623. The van der Waals surface area contributed by atoms with Gasteiger partial charge in [-0.25, -0.2) is 0 Å². The van der Waals surface area contributed by atoms with Crippen molar-refractivity contribution < 1.29 is 23.8 Å². The van der Waals surface area contributed by atoms with Gasteiger partial charge in [0.2, 0.25) is 5.75 Å². The van der Waals surface area contributed by atoms with Crippen LogP contribution in [0.4, 0.5) is 0 Å². The zero-order valence-corrected chi connectivity index (χ0v) is 19.3. The molecular formula is C25H32N2O5. The molecule has 1 saturated heterocycles. The summed E-state index contributed by atoms with van der Waals surface area (Å²) in [7, 11) is 4.61. The summed E-state index contributed by atoms with van der Waals surface area (Å²) in [5, 5.41) is 0. The Balaban J connectivity index is 1.76. The van der Waals surface area contributed by atoms with Crippen LogP contribution in [0.25, 0.3) is 0 Å². The lowest BCUT2D eigenvalue weighted by Crippen LogP contribution is -2.49. The second-order valence-corrected chi connectivity index (χ2v) is 7.80. The van der Waals surface area contributed by atoms with Gasteiger partial charge in [0.15, 0.2) is 11.5 Å². The maximum absolute atomic E-state index is 13.5. The summed E-state index contributed by atoms with van der Waals surface area (Å²) < 4.78 is 16.2. The average molecular weight is 441 g/mol. The lowest BCUT2D eigenvalue weighted by atomic mass is 10.0. The van der Waals surface area contributed by atoms with E-state index in [0.717, 1.165) is 19.3 Å². The first-order valence-corrected chi connectivity index (χ1v) is 11.0. The second kappa shape index (κ2) is 10.9. The van der Waals surface area contributed by atoms with E-state index in [1.807, 2.05) is 40.1 Å². The van der Waals surface area contributed by atoms with E-state index in [1.165, 1.54) is 21.3 Å². The highest BCUT2D eigenvalue weighted by Crippen LogP contribution is 2.38. The molecule has 32 heavy (non-hydrogen) atoms. The van der Waals surface area contributed by atoms with Gasteiger partial charge in [-0.05, 0) is 43.5 Å². The number of ether oxygens (including phenoxy) is 3. The van der Waals surface area contributed by atoms with E-state index in [2.05, 4.69) is 6.92 Å². The van der Waals surface area contributed by atoms with Crippen LogP contribution in [-0.2, 0) is 0 Å². The van der Waals surface area contributed by atoms with Crippen LogP contribution in [0.15, 0.2) is 42.5 Å². The number of nitrogens with zero attached hydrogens (tertiary/aromatic N) is 2. The van der Waals surface area contributed by atoms with Crippen molar-refractivity contribution in [3.8, 4) is 17.2 Å². The smallest absolute Gasteiger partial charge is 0.254 e. The summed E-state index contributed by atoms with van der Waals surface area (Å²) in [5.41, 5.74) is 1.20. The third-order valence-electron chi connectivity index (χ3n) is 5.85. The first-order chi connectivity index (χ1) is 15.5. The topological polar surface area (TPSA) is 68.3 Å². The molecule has 0 unspecified atom stereocenters. The molecule has 2 aromatic carbocycles. The third-order valence-corrected chi connectivity index (χ3v) is 5.85. The van der Waals surface area contributed by atoms with Crippen molar-refractivity contribution >= 4 is 11.8 Å². The monoisotopic (exact) mass is 440 g/mol. The van der Waals surface area contributed by atoms with Crippen molar-refractivity contribution in [2.45, 2.75) is 32.2 Å². The van der Waals surface area contributed by atoms with Crippen LogP contribution in [0, 0.1) is 0 Å². The van der Waals surface area contributed by atoms with Gasteiger partial charge >= 0.3 is 0 Å². The third kappa shape index (κ3) is 4.98. The van der Waals surface area contributed by atoms with Crippen LogP contribution in [0.5, 0.6) is 17.2 Å². The first-order valence-electron chi connectivity index (χ1n) is 11.0. The van der Waals surface area contributed by atoms with Gasteiger partial charge in [0, 0.05) is 36.8 Å². The molecule has 172 valence electrons. The fourth-order valence-corrected chi connectivity index (χ4v) is 4.21. The fraction of sp³-hybridized carbons (Fsp3) is 0.440. The number of methoxy groups -OCH3 is 3. The first kappa shape index (κ1) is 23.4. The minimum atomic E-state index is -0.0704. The molecule has 0 spiro atoms. The molecule has 0 aliphatic carbocycles. The zero-order chi connectivity index (χ0) is 23.1. The Morgan fingerprint density at radius 3 is 2.03 bits per heavy atom. The van der Waals surface area contributed by atoms with Gasteiger partial charge < -0.3 is 24.0 Å². The summed E-state index contributed by atoms with van der Waals surface area (Å²) in [4.78, 5) is 30.1. The van der Waals surface area contributed by atoms with Gasteiger partial charge in [-0.3, -0.25) is 9.59 Å². The fourth-order valence-electron chi connectivity index (χ4n) is 4.21. The predicted molar refractivity (Wildman–Crippen MR) is 123 cm³/mol. The summed E-state index contributed by atoms with van der Waals surface area (Å²) in [6.07, 6.45) is 2.34. The molecule has 1 aliphatic rings. The Bertz CT molecular complexity index is 898. The lowest BCUT2D eigenvalue weighted by molar-refractivity contribution is 0.0518. The highest BCUT2D eigenvalue weighted by atomic mass is 16.5. The predicted octanol–water partition coefficient (Wildman–Crippen LogP) is 3.87. The largest absolute Gasteiger partial charge is 0.493 e. The Hall–Kier alpha value is -3.22. The molecule has 1 fully saturated rings. The molecule has 7 heteroatoms. The average Bonchev–Trinajstić information content (AvgIpc) is 2.86. The Morgan fingerprint density at radius 2 is 1.53 bits per heavy atom. The van der Waals surface area contributed by atoms with Crippen LogP contribution in [0.3, 0.4) is 0 Å². The van der Waals surface area contributed by atoms with Crippen molar-refractivity contribution in [3.63, 3.8) is 0 Å². The van der Waals surface area contributed by atoms with E-state index in [4.69, 9.17) is 14.2 Å². The number of carbonyl (C=O) groups excluding carboxylic acids is 2. The van der Waals surface area contributed by atoms with Crippen molar-refractivity contribution in [2.24, 2.45) is 0 Å². The molecule has 7 nitrogen and oxygen atoms in total. The molecule has 0 bridgehead atoms. The van der Waals surface area contributed by atoms with E-state index >= 15 is 0 Å². The zero-order valence-electron chi connectivity index (χ0n) is 19.3. The number of amides is 2. The van der Waals surface area contributed by atoms with Crippen LogP contribution in [0.2, 0.25) is 0 Å². The highest BCUT2D eigenvalue weighted by molar-refractivity contribution is 5.96. The summed E-state index contributed by atoms with van der Waals surface area (Å²) >= 11 is 0. The number of likely N-dealkylation sites (tertiary alicyclic amines) is 1. The van der Waals surface area contributed by atoms with Gasteiger partial charge in [-0.2, -0.15) is 0 Å². The van der Waals surface area contributed by atoms with E-state index in [-0.39, 0.29) is 17.9 Å². The van der Waals surface area contributed by atoms with Crippen molar-refractivity contribution in [1.29, 1.82) is 0 Å². The summed E-state index contributed by atoms with van der Waals surface area (Å²) in [5.74, 6) is 1.34. The second-order valence-electron chi connectivity index (χ2n) is 7.80. The summed E-state index contributed by atoms with van der Waals surface area (Å²) in [6.45, 7) is 3.96. The molecule has 0 saturated carbocycles. The number of benzene rings is 2. The maximum atomic E-state index is 13.5. The Labute approximate surface area is 189 Å². The molecule has 0 aromatic heterocycles. The molecule has 1 heterocycles. The van der Waals surface area contributed by atoms with Crippen LogP contribution in [-0.4, -0.2) is 68.6 Å². The Kier molecular flexibility index (Phi) is 7.98. The van der Waals surface area contributed by atoms with E-state index in [1.54, 1.807) is 12.1 Å². The normalized spacial score (nSPS) is 14.1. The van der Waals surface area contributed by atoms with Gasteiger partial charge in [0.1, 0.15) is 0 Å². The molecule has 0 N–H and O–H groups in total. The van der Waals surface area contributed by atoms with Crippen molar-refractivity contribution in [3.05, 3.63) is 53.6 Å². The van der Waals surface area contributed by atoms with E-state index < -0.39 is 0 Å². The molecule has 2 amide bonds. The number of carbonyl (C=O) groups is 2. The van der Waals surface area contributed by atoms with Gasteiger partial charge in [0.25, 0.3) is 11.8 Å². The Morgan fingerprint density at radius 1 is 0.938 bits per heavy atom. The van der Waals surface area contributed by atoms with Crippen LogP contribution in [0.1, 0.15) is 46.9 Å². The number of hydrogen-bond acceptors (Lipinski definition) is 5. The molecule has 1 aliphatic heterocycles. The van der Waals surface area contributed by atoms with Crippen LogP contribution < -0.4 is 14.2 Å². The van der Waals surface area contributed by atoms with Gasteiger partial charge in [-0.15, -0.1) is 0 Å². The number of hydrogen-bond donors (Lipinski definition) is 0. The summed E-state index contributed by atoms with van der Waals surface area (Å²) in [6, 6.07) is 12.8. The lowest BCUT2D eigenvalue weighted by Gasteiger charge is -2.38. The molecule has 0 radical (unpaired) electrons. The molecule has 3 rings (SSSR count). The molecule has 0 atom stereocenters. The van der Waals surface area contributed by atoms with E-state index in [0.29, 0.717) is 48.0 Å². The van der Waals surface area contributed by atoms with E-state index in [9.17, 15) is 9.59 Å². The maximum Gasteiger partial charge on any atom is 0.254 e. The molecule has 2 aromatic rings. The molecular weight excluding hydrogens is 408 g/mol. The highest BCUT2D eigenvalue weighted by Gasteiger charge is 2.31. The standard InChI is InChI=1S/C25H32N2O5/c1-5-13-27(25(29)19-16-21(30-2)23(32-4)22(17-19)31-3)20-11-14-26(15-12-20)24(28)18-9-7-6-8-10-18/h6-10,16-17,20H,5,11-15H2,1-4H3. The van der Waals surface area contributed by atoms with Gasteiger partial charge in [0.05, 0.1) is 21.3 Å². The number of piperidine rings is 1.